The van der Waals surface area contributed by atoms with Gasteiger partial charge in [0.05, 0.1) is 13.5 Å². The molecule has 0 aromatic rings. The molecule has 0 fully saturated rings. The molecule has 21 heavy (non-hydrogen) atoms. The molecule has 126 valence electrons. The van der Waals surface area contributed by atoms with Gasteiger partial charge in [0.2, 0.25) is 0 Å². The average Bonchev–Trinajstić information content (AvgIpc) is 2.44. The van der Waals surface area contributed by atoms with E-state index < -0.39 is 0 Å². The smallest absolute Gasteiger partial charge is 0.307 e. The predicted molar refractivity (Wildman–Crippen MR) is 96.1 cm³/mol. The Bertz CT molecular complexity index is 283. The molecule has 0 aliphatic heterocycles. The van der Waals surface area contributed by atoms with Crippen LogP contribution in [0.15, 0.2) is 4.99 Å². The number of esters is 1. The van der Waals surface area contributed by atoms with Crippen LogP contribution in [0.1, 0.15) is 39.5 Å². The summed E-state index contributed by atoms with van der Waals surface area (Å²) in [5.41, 5.74) is 0. The molecule has 0 radical (unpaired) electrons. The van der Waals surface area contributed by atoms with Crippen LogP contribution in [0.4, 0.5) is 0 Å². The lowest BCUT2D eigenvalue weighted by Crippen LogP contribution is -2.38. The zero-order valence-corrected chi connectivity index (χ0v) is 15.7. The van der Waals surface area contributed by atoms with Crippen LogP contribution in [0.5, 0.6) is 0 Å². The number of nitrogens with one attached hydrogen (secondary N) is 2. The molecular weight excluding hydrogens is 385 g/mol. The summed E-state index contributed by atoms with van der Waals surface area (Å²) in [6.07, 6.45) is 3.24. The van der Waals surface area contributed by atoms with Gasteiger partial charge in [-0.05, 0) is 25.7 Å². The van der Waals surface area contributed by atoms with Crippen LogP contribution in [-0.2, 0) is 9.53 Å². The fraction of sp³-hybridized carbons (Fsp3) is 0.857. The van der Waals surface area contributed by atoms with Gasteiger partial charge in [-0.25, -0.2) is 0 Å². The molecule has 0 saturated carbocycles. The number of hydrogen-bond acceptors (Lipinski definition) is 4. The zero-order valence-electron chi connectivity index (χ0n) is 13.4. The Labute approximate surface area is 145 Å². The summed E-state index contributed by atoms with van der Waals surface area (Å²) in [6, 6.07) is 0. The van der Waals surface area contributed by atoms with Crippen LogP contribution in [0.2, 0.25) is 0 Å². The predicted octanol–water partition coefficient (Wildman–Crippen LogP) is 1.52. The molecule has 6 nitrogen and oxygen atoms in total. The van der Waals surface area contributed by atoms with Crippen LogP contribution < -0.4 is 10.6 Å². The van der Waals surface area contributed by atoms with E-state index in [1.54, 1.807) is 0 Å². The number of aliphatic hydroxyl groups is 1. The maximum atomic E-state index is 11.0. The first-order chi connectivity index (χ1) is 9.67. The van der Waals surface area contributed by atoms with E-state index in [4.69, 9.17) is 5.11 Å². The summed E-state index contributed by atoms with van der Waals surface area (Å²) in [4.78, 5) is 15.5. The van der Waals surface area contributed by atoms with Gasteiger partial charge in [0.25, 0.3) is 0 Å². The Morgan fingerprint density at radius 3 is 2.52 bits per heavy atom. The van der Waals surface area contributed by atoms with E-state index in [9.17, 15) is 4.79 Å². The van der Waals surface area contributed by atoms with Crippen molar-refractivity contribution < 1.29 is 14.6 Å². The number of methoxy groups -OCH3 is 1. The van der Waals surface area contributed by atoms with E-state index in [-0.39, 0.29) is 36.6 Å². The van der Waals surface area contributed by atoms with Gasteiger partial charge in [-0.15, -0.1) is 24.0 Å². The SMILES string of the molecule is CCCC(CCO)CN=C(NCC)NCCC(=O)OC.I. The molecule has 0 heterocycles. The normalized spacial score (nSPS) is 12.3. The number of nitrogens with zero attached hydrogens (tertiary/aromatic N) is 1. The topological polar surface area (TPSA) is 83.0 Å². The lowest BCUT2D eigenvalue weighted by atomic mass is 10.0. The minimum atomic E-state index is -0.238. The second-order valence-corrected chi connectivity index (χ2v) is 4.64. The number of carbonyl (C=O) groups is 1. The monoisotopic (exact) mass is 415 g/mol. The van der Waals surface area contributed by atoms with Crippen molar-refractivity contribution in [2.75, 3.05) is 33.4 Å². The van der Waals surface area contributed by atoms with Gasteiger partial charge >= 0.3 is 5.97 Å². The molecule has 1 atom stereocenters. The molecule has 0 saturated heterocycles. The molecule has 0 aliphatic carbocycles. The lowest BCUT2D eigenvalue weighted by Gasteiger charge is -2.15. The quantitative estimate of drug-likeness (QED) is 0.218. The third kappa shape index (κ3) is 12.9. The minimum absolute atomic E-state index is 0. The number of aliphatic hydroxyl groups excluding tert-OH is 1. The van der Waals surface area contributed by atoms with Crippen molar-refractivity contribution in [3.63, 3.8) is 0 Å². The van der Waals surface area contributed by atoms with Gasteiger partial charge in [-0.2, -0.15) is 0 Å². The van der Waals surface area contributed by atoms with Crippen molar-refractivity contribution in [3.8, 4) is 0 Å². The van der Waals surface area contributed by atoms with Crippen LogP contribution in [0.3, 0.4) is 0 Å². The first-order valence-electron chi connectivity index (χ1n) is 7.37. The highest BCUT2D eigenvalue weighted by molar-refractivity contribution is 14.0. The second-order valence-electron chi connectivity index (χ2n) is 4.64. The van der Waals surface area contributed by atoms with Gasteiger partial charge in [0.15, 0.2) is 5.96 Å². The number of aliphatic imine (C=N–C) groups is 1. The van der Waals surface area contributed by atoms with Crippen molar-refractivity contribution in [1.82, 2.24) is 10.6 Å². The van der Waals surface area contributed by atoms with Gasteiger partial charge in [0.1, 0.15) is 0 Å². The number of rotatable bonds is 10. The van der Waals surface area contributed by atoms with Crippen LogP contribution in [0.25, 0.3) is 0 Å². The summed E-state index contributed by atoms with van der Waals surface area (Å²) in [7, 11) is 1.38. The van der Waals surface area contributed by atoms with E-state index in [0.717, 1.165) is 25.8 Å². The number of halogens is 1. The number of hydrogen-bond donors (Lipinski definition) is 3. The van der Waals surface area contributed by atoms with Gasteiger partial charge < -0.3 is 20.5 Å². The number of carbonyl (C=O) groups excluding carboxylic acids is 1. The zero-order chi connectivity index (χ0) is 15.2. The van der Waals surface area contributed by atoms with Gasteiger partial charge in [-0.3, -0.25) is 9.79 Å². The highest BCUT2D eigenvalue weighted by Gasteiger charge is 2.07. The molecule has 0 bridgehead atoms. The van der Waals surface area contributed by atoms with E-state index in [0.29, 0.717) is 31.4 Å². The molecule has 0 spiro atoms. The standard InChI is InChI=1S/C14H29N3O3.HI/c1-4-6-12(8-10-18)11-17-14(15-5-2)16-9-7-13(19)20-3;/h12,18H,4-11H2,1-3H3,(H2,15,16,17);1H. The van der Waals surface area contributed by atoms with Crippen molar-refractivity contribution >= 4 is 35.9 Å². The Morgan fingerprint density at radius 1 is 1.29 bits per heavy atom. The number of ether oxygens (including phenoxy) is 1. The van der Waals surface area contributed by atoms with Crippen molar-refractivity contribution in [3.05, 3.63) is 0 Å². The minimum Gasteiger partial charge on any atom is -0.469 e. The number of guanidine groups is 1. The van der Waals surface area contributed by atoms with E-state index in [2.05, 4.69) is 27.3 Å². The van der Waals surface area contributed by atoms with Crippen molar-refractivity contribution in [2.24, 2.45) is 10.9 Å². The molecule has 0 amide bonds. The molecule has 0 aromatic heterocycles. The fourth-order valence-corrected chi connectivity index (χ4v) is 1.86. The Kier molecular flexibility index (Phi) is 17.1. The molecule has 3 N–H and O–H groups in total. The summed E-state index contributed by atoms with van der Waals surface area (Å²) in [6.45, 7) is 6.27. The summed E-state index contributed by atoms with van der Waals surface area (Å²) in [5, 5.41) is 15.3. The Hall–Kier alpha value is -0.570. The van der Waals surface area contributed by atoms with E-state index in [1.807, 2.05) is 6.92 Å². The maximum Gasteiger partial charge on any atom is 0.307 e. The first-order valence-corrected chi connectivity index (χ1v) is 7.37. The first kappa shape index (κ1) is 22.7. The molecule has 0 aliphatic rings. The molecular formula is C14H30IN3O3. The third-order valence-corrected chi connectivity index (χ3v) is 2.94. The summed E-state index contributed by atoms with van der Waals surface area (Å²) < 4.78 is 4.59. The second kappa shape index (κ2) is 15.8. The summed E-state index contributed by atoms with van der Waals surface area (Å²) >= 11 is 0. The fourth-order valence-electron chi connectivity index (χ4n) is 1.86. The van der Waals surface area contributed by atoms with Crippen LogP contribution in [-0.4, -0.2) is 50.4 Å². The molecule has 0 rings (SSSR count). The third-order valence-electron chi connectivity index (χ3n) is 2.94. The van der Waals surface area contributed by atoms with Crippen LogP contribution >= 0.6 is 24.0 Å². The highest BCUT2D eigenvalue weighted by Crippen LogP contribution is 2.10. The molecule has 0 aromatic carbocycles. The summed E-state index contributed by atoms with van der Waals surface area (Å²) in [5.74, 6) is 0.869. The van der Waals surface area contributed by atoms with Crippen LogP contribution in [0, 0.1) is 5.92 Å². The van der Waals surface area contributed by atoms with Crippen molar-refractivity contribution in [1.29, 1.82) is 0 Å². The van der Waals surface area contributed by atoms with Gasteiger partial charge in [0, 0.05) is 26.2 Å². The largest absolute Gasteiger partial charge is 0.469 e. The highest BCUT2D eigenvalue weighted by atomic mass is 127. The van der Waals surface area contributed by atoms with E-state index in [1.165, 1.54) is 7.11 Å². The van der Waals surface area contributed by atoms with Gasteiger partial charge in [-0.1, -0.05) is 13.3 Å². The molecule has 7 heteroatoms. The maximum absolute atomic E-state index is 11.0. The lowest BCUT2D eigenvalue weighted by molar-refractivity contribution is -0.140. The van der Waals surface area contributed by atoms with E-state index >= 15 is 0 Å². The Morgan fingerprint density at radius 2 is 2.00 bits per heavy atom. The van der Waals surface area contributed by atoms with Crippen molar-refractivity contribution in [2.45, 2.75) is 39.5 Å². The average molecular weight is 415 g/mol. The Balaban J connectivity index is 0. The molecule has 1 unspecified atom stereocenters.